The van der Waals surface area contributed by atoms with Gasteiger partial charge in [0.25, 0.3) is 5.69 Å². The topological polar surface area (TPSA) is 74.0 Å². The Morgan fingerprint density at radius 3 is 2.47 bits per heavy atom. The first-order chi connectivity index (χ1) is 14.5. The summed E-state index contributed by atoms with van der Waals surface area (Å²) in [6.45, 7) is 6.83. The molecule has 0 saturated heterocycles. The molecule has 3 aromatic carbocycles. The van der Waals surface area contributed by atoms with Gasteiger partial charge in [-0.05, 0) is 79.4 Å². The van der Waals surface area contributed by atoms with Gasteiger partial charge < -0.3 is 9.47 Å². The van der Waals surface area contributed by atoms with E-state index in [-0.39, 0.29) is 12.3 Å². The van der Waals surface area contributed by atoms with Gasteiger partial charge in [0.05, 0.1) is 17.2 Å². The molecule has 0 aliphatic heterocycles. The molecule has 30 heavy (non-hydrogen) atoms. The standard InChI is InChI=1S/C24H24N2O4/c1-4-29-24-14-20(15-25-22-7-5-6-17(2)18(22)3)10-13-23(24)30-16-19-8-11-21(12-9-19)26(27)28/h5-15H,4,16H2,1-3H3. The number of ether oxygens (including phenoxy) is 2. The summed E-state index contributed by atoms with van der Waals surface area (Å²) in [5.74, 6) is 1.24. The van der Waals surface area contributed by atoms with Crippen LogP contribution in [0, 0.1) is 24.0 Å². The molecule has 6 nitrogen and oxygen atoms in total. The number of aryl methyl sites for hydroxylation is 1. The molecular formula is C24H24N2O4. The third kappa shape index (κ3) is 5.23. The summed E-state index contributed by atoms with van der Waals surface area (Å²) >= 11 is 0. The fourth-order valence-corrected chi connectivity index (χ4v) is 2.89. The molecule has 0 aliphatic rings. The normalized spacial score (nSPS) is 10.9. The molecule has 0 saturated carbocycles. The number of benzene rings is 3. The fraction of sp³-hybridized carbons (Fsp3) is 0.208. The van der Waals surface area contributed by atoms with Crippen LogP contribution in [0.2, 0.25) is 0 Å². The monoisotopic (exact) mass is 404 g/mol. The summed E-state index contributed by atoms with van der Waals surface area (Å²) in [6, 6.07) is 18.0. The van der Waals surface area contributed by atoms with Crippen LogP contribution in [-0.2, 0) is 6.61 Å². The minimum atomic E-state index is -0.420. The van der Waals surface area contributed by atoms with Crippen molar-refractivity contribution in [1.82, 2.24) is 0 Å². The number of hydrogen-bond donors (Lipinski definition) is 0. The highest BCUT2D eigenvalue weighted by Gasteiger charge is 2.08. The van der Waals surface area contributed by atoms with Crippen LogP contribution in [0.4, 0.5) is 11.4 Å². The van der Waals surface area contributed by atoms with Gasteiger partial charge in [-0.1, -0.05) is 12.1 Å². The summed E-state index contributed by atoms with van der Waals surface area (Å²) in [5, 5.41) is 10.8. The Labute approximate surface area is 176 Å². The van der Waals surface area contributed by atoms with Gasteiger partial charge in [0, 0.05) is 18.3 Å². The largest absolute Gasteiger partial charge is 0.490 e. The highest BCUT2D eigenvalue weighted by atomic mass is 16.6. The van der Waals surface area contributed by atoms with Crippen LogP contribution in [0.1, 0.15) is 29.2 Å². The smallest absolute Gasteiger partial charge is 0.269 e. The molecule has 0 bridgehead atoms. The third-order valence-corrected chi connectivity index (χ3v) is 4.74. The number of nitro benzene ring substituents is 1. The van der Waals surface area contributed by atoms with Crippen molar-refractivity contribution >= 4 is 17.6 Å². The van der Waals surface area contributed by atoms with Crippen molar-refractivity contribution in [2.75, 3.05) is 6.61 Å². The Hall–Kier alpha value is -3.67. The van der Waals surface area contributed by atoms with E-state index in [0.717, 1.165) is 22.4 Å². The molecule has 3 rings (SSSR count). The lowest BCUT2D eigenvalue weighted by Gasteiger charge is -2.12. The first-order valence-corrected chi connectivity index (χ1v) is 9.71. The zero-order valence-corrected chi connectivity index (χ0v) is 17.3. The molecular weight excluding hydrogens is 380 g/mol. The van der Waals surface area contributed by atoms with Crippen molar-refractivity contribution in [3.63, 3.8) is 0 Å². The maximum Gasteiger partial charge on any atom is 0.269 e. The van der Waals surface area contributed by atoms with Crippen LogP contribution in [0.3, 0.4) is 0 Å². The quantitative estimate of drug-likeness (QED) is 0.264. The first-order valence-electron chi connectivity index (χ1n) is 9.71. The maximum atomic E-state index is 10.8. The molecule has 0 spiro atoms. The van der Waals surface area contributed by atoms with Crippen LogP contribution in [-0.4, -0.2) is 17.7 Å². The molecule has 0 unspecified atom stereocenters. The number of non-ortho nitro benzene ring substituents is 1. The molecule has 0 heterocycles. The number of aliphatic imine (C=N–C) groups is 1. The van der Waals surface area contributed by atoms with E-state index in [1.807, 2.05) is 43.5 Å². The Morgan fingerprint density at radius 1 is 1.00 bits per heavy atom. The summed E-state index contributed by atoms with van der Waals surface area (Å²) in [6.07, 6.45) is 1.81. The van der Waals surface area contributed by atoms with Crippen LogP contribution < -0.4 is 9.47 Å². The van der Waals surface area contributed by atoms with Gasteiger partial charge in [0.1, 0.15) is 6.61 Å². The first kappa shape index (κ1) is 21.0. The van der Waals surface area contributed by atoms with E-state index >= 15 is 0 Å². The maximum absolute atomic E-state index is 10.8. The van der Waals surface area contributed by atoms with E-state index in [4.69, 9.17) is 9.47 Å². The second kappa shape index (κ2) is 9.69. The van der Waals surface area contributed by atoms with E-state index in [2.05, 4.69) is 24.9 Å². The highest BCUT2D eigenvalue weighted by molar-refractivity contribution is 5.83. The molecule has 3 aromatic rings. The molecule has 6 heteroatoms. The second-order valence-electron chi connectivity index (χ2n) is 6.83. The van der Waals surface area contributed by atoms with E-state index in [1.54, 1.807) is 12.1 Å². The number of hydrogen-bond acceptors (Lipinski definition) is 5. The lowest BCUT2D eigenvalue weighted by Crippen LogP contribution is -2.00. The molecule has 0 aliphatic carbocycles. The van der Waals surface area contributed by atoms with Crippen molar-refractivity contribution in [1.29, 1.82) is 0 Å². The zero-order chi connectivity index (χ0) is 21.5. The molecule has 154 valence electrons. The summed E-state index contributed by atoms with van der Waals surface area (Å²) in [5.41, 5.74) is 5.09. The average Bonchev–Trinajstić information content (AvgIpc) is 2.74. The third-order valence-electron chi connectivity index (χ3n) is 4.74. The highest BCUT2D eigenvalue weighted by Crippen LogP contribution is 2.29. The van der Waals surface area contributed by atoms with Crippen molar-refractivity contribution in [3.05, 3.63) is 93.0 Å². The second-order valence-corrected chi connectivity index (χ2v) is 6.83. The van der Waals surface area contributed by atoms with Crippen LogP contribution in [0.5, 0.6) is 11.5 Å². The van der Waals surface area contributed by atoms with Crippen molar-refractivity contribution in [2.24, 2.45) is 4.99 Å². The van der Waals surface area contributed by atoms with Crippen LogP contribution in [0.15, 0.2) is 65.7 Å². The van der Waals surface area contributed by atoms with Crippen LogP contribution in [0.25, 0.3) is 0 Å². The van der Waals surface area contributed by atoms with Gasteiger partial charge in [0.2, 0.25) is 0 Å². The minimum absolute atomic E-state index is 0.0567. The van der Waals surface area contributed by atoms with Gasteiger partial charge >= 0.3 is 0 Å². The molecule has 0 amide bonds. The minimum Gasteiger partial charge on any atom is -0.490 e. The van der Waals surface area contributed by atoms with Gasteiger partial charge in [-0.25, -0.2) is 0 Å². The van der Waals surface area contributed by atoms with E-state index in [0.29, 0.717) is 18.1 Å². The lowest BCUT2D eigenvalue weighted by molar-refractivity contribution is -0.384. The van der Waals surface area contributed by atoms with Crippen molar-refractivity contribution in [2.45, 2.75) is 27.4 Å². The fourth-order valence-electron chi connectivity index (χ4n) is 2.89. The summed E-state index contributed by atoms with van der Waals surface area (Å²) in [7, 11) is 0. The lowest BCUT2D eigenvalue weighted by atomic mass is 10.1. The van der Waals surface area contributed by atoms with Gasteiger partial charge in [0.15, 0.2) is 11.5 Å². The predicted molar refractivity (Wildman–Crippen MR) is 118 cm³/mol. The molecule has 0 aromatic heterocycles. The molecule has 0 N–H and O–H groups in total. The van der Waals surface area contributed by atoms with Crippen molar-refractivity contribution in [3.8, 4) is 11.5 Å². The predicted octanol–water partition coefficient (Wildman–Crippen LogP) is 5.94. The molecule has 0 fully saturated rings. The number of nitro groups is 1. The van der Waals surface area contributed by atoms with Crippen molar-refractivity contribution < 1.29 is 14.4 Å². The van der Waals surface area contributed by atoms with Gasteiger partial charge in [-0.2, -0.15) is 0 Å². The Kier molecular flexibility index (Phi) is 6.80. The average molecular weight is 404 g/mol. The van der Waals surface area contributed by atoms with E-state index < -0.39 is 4.92 Å². The zero-order valence-electron chi connectivity index (χ0n) is 17.3. The molecule has 0 atom stereocenters. The number of rotatable bonds is 8. The van der Waals surface area contributed by atoms with E-state index in [9.17, 15) is 10.1 Å². The summed E-state index contributed by atoms with van der Waals surface area (Å²) in [4.78, 5) is 15.0. The Bertz CT molecular complexity index is 1060. The number of nitrogens with zero attached hydrogens (tertiary/aromatic N) is 2. The SMILES string of the molecule is CCOc1cc(C=Nc2cccc(C)c2C)ccc1OCc1ccc([N+](=O)[O-])cc1. The Balaban J connectivity index is 1.75. The van der Waals surface area contributed by atoms with Gasteiger partial charge in [-0.15, -0.1) is 0 Å². The van der Waals surface area contributed by atoms with Crippen LogP contribution >= 0.6 is 0 Å². The summed E-state index contributed by atoms with van der Waals surface area (Å²) < 4.78 is 11.6. The van der Waals surface area contributed by atoms with Gasteiger partial charge in [-0.3, -0.25) is 15.1 Å². The molecule has 0 radical (unpaired) electrons. The van der Waals surface area contributed by atoms with E-state index in [1.165, 1.54) is 17.7 Å². The Morgan fingerprint density at radius 2 is 1.77 bits per heavy atom.